The molecule has 0 saturated carbocycles. The summed E-state index contributed by atoms with van der Waals surface area (Å²) in [6, 6.07) is 0. The number of hydrogen-bond donors (Lipinski definition) is 1. The van der Waals surface area contributed by atoms with E-state index < -0.39 is 17.5 Å². The molecule has 0 bridgehead atoms. The normalized spacial score (nSPS) is 18.7. The Kier molecular flexibility index (Phi) is 1.42. The van der Waals surface area contributed by atoms with Gasteiger partial charge in [-0.2, -0.15) is 13.2 Å². The molecule has 0 unspecified atom stereocenters. The number of rotatable bonds is 0. The number of ketones is 1. The molecule has 1 aliphatic rings. The number of alkyl halides is 3. The SMILES string of the molecule is O=C1CNC=C1C(F)(F)F. The molecular formula is C5H4F3NO. The van der Waals surface area contributed by atoms with E-state index in [0.717, 1.165) is 0 Å². The Bertz CT molecular complexity index is 194. The first-order valence-corrected chi connectivity index (χ1v) is 2.56. The Morgan fingerprint density at radius 1 is 1.50 bits per heavy atom. The monoisotopic (exact) mass is 151 g/mol. The molecule has 2 nitrogen and oxygen atoms in total. The molecule has 1 rings (SSSR count). The molecule has 0 amide bonds. The maximum absolute atomic E-state index is 11.7. The second-order valence-electron chi connectivity index (χ2n) is 1.86. The number of hydrogen-bond acceptors (Lipinski definition) is 2. The molecule has 0 spiro atoms. The molecular weight excluding hydrogens is 147 g/mol. The van der Waals surface area contributed by atoms with Crippen LogP contribution in [0.15, 0.2) is 11.8 Å². The number of halogens is 3. The number of carbonyl (C=O) groups is 1. The van der Waals surface area contributed by atoms with E-state index in [2.05, 4.69) is 5.32 Å². The fourth-order valence-electron chi connectivity index (χ4n) is 0.661. The molecule has 0 aromatic rings. The van der Waals surface area contributed by atoms with Gasteiger partial charge in [-0.05, 0) is 0 Å². The summed E-state index contributed by atoms with van der Waals surface area (Å²) in [5.41, 5.74) is -1.09. The van der Waals surface area contributed by atoms with Gasteiger partial charge in [-0.1, -0.05) is 0 Å². The van der Waals surface area contributed by atoms with Crippen molar-refractivity contribution in [1.82, 2.24) is 5.32 Å². The van der Waals surface area contributed by atoms with Crippen LogP contribution in [0.2, 0.25) is 0 Å². The lowest BCUT2D eigenvalue weighted by molar-refractivity contribution is -0.126. The second-order valence-corrected chi connectivity index (χ2v) is 1.86. The largest absolute Gasteiger partial charge is 0.421 e. The van der Waals surface area contributed by atoms with Crippen LogP contribution in [-0.4, -0.2) is 18.5 Å². The van der Waals surface area contributed by atoms with E-state index in [1.807, 2.05) is 0 Å². The summed E-state index contributed by atoms with van der Waals surface area (Å²) < 4.78 is 35.0. The van der Waals surface area contributed by atoms with E-state index >= 15 is 0 Å². The highest BCUT2D eigenvalue weighted by atomic mass is 19.4. The van der Waals surface area contributed by atoms with E-state index in [4.69, 9.17) is 0 Å². The van der Waals surface area contributed by atoms with Gasteiger partial charge in [0, 0.05) is 6.20 Å². The van der Waals surface area contributed by atoms with Gasteiger partial charge in [0.15, 0.2) is 5.78 Å². The van der Waals surface area contributed by atoms with Gasteiger partial charge in [0.2, 0.25) is 0 Å². The summed E-state index contributed by atoms with van der Waals surface area (Å²) in [4.78, 5) is 10.4. The van der Waals surface area contributed by atoms with Crippen molar-refractivity contribution in [1.29, 1.82) is 0 Å². The molecule has 0 aromatic carbocycles. The van der Waals surface area contributed by atoms with Gasteiger partial charge >= 0.3 is 6.18 Å². The fraction of sp³-hybridized carbons (Fsp3) is 0.400. The lowest BCUT2D eigenvalue weighted by Gasteiger charge is -2.02. The smallest absolute Gasteiger partial charge is 0.383 e. The summed E-state index contributed by atoms with van der Waals surface area (Å²) in [6.07, 6.45) is -3.80. The zero-order chi connectivity index (χ0) is 7.78. The maximum atomic E-state index is 11.7. The third-order valence-electron chi connectivity index (χ3n) is 1.11. The predicted octanol–water partition coefficient (Wildman–Crippen LogP) is 0.605. The topological polar surface area (TPSA) is 29.1 Å². The minimum absolute atomic E-state index is 0.241. The minimum atomic E-state index is -4.50. The van der Waals surface area contributed by atoms with Gasteiger partial charge in [0.1, 0.15) is 5.57 Å². The summed E-state index contributed by atoms with van der Waals surface area (Å²) in [5.74, 6) is -0.896. The van der Waals surface area contributed by atoms with Crippen LogP contribution in [-0.2, 0) is 4.79 Å². The fourth-order valence-corrected chi connectivity index (χ4v) is 0.661. The first-order valence-electron chi connectivity index (χ1n) is 2.56. The average molecular weight is 151 g/mol. The van der Waals surface area contributed by atoms with Crippen LogP contribution in [0.1, 0.15) is 0 Å². The third kappa shape index (κ3) is 1.12. The van der Waals surface area contributed by atoms with E-state index in [9.17, 15) is 18.0 Å². The van der Waals surface area contributed by atoms with Crippen LogP contribution in [0.4, 0.5) is 13.2 Å². The van der Waals surface area contributed by atoms with Gasteiger partial charge in [0.05, 0.1) is 6.54 Å². The number of nitrogens with one attached hydrogen (secondary N) is 1. The predicted molar refractivity (Wildman–Crippen MR) is 27.1 cm³/mol. The molecule has 0 saturated heterocycles. The van der Waals surface area contributed by atoms with E-state index in [1.54, 1.807) is 0 Å². The van der Waals surface area contributed by atoms with Crippen LogP contribution in [0.25, 0.3) is 0 Å². The Balaban J connectivity index is 2.82. The van der Waals surface area contributed by atoms with Crippen LogP contribution < -0.4 is 5.32 Å². The number of carbonyl (C=O) groups excluding carboxylic acids is 1. The zero-order valence-electron chi connectivity index (χ0n) is 4.83. The van der Waals surface area contributed by atoms with Gasteiger partial charge in [-0.15, -0.1) is 0 Å². The molecule has 0 radical (unpaired) electrons. The molecule has 1 aliphatic heterocycles. The molecule has 1 N–H and O–H groups in total. The highest BCUT2D eigenvalue weighted by molar-refractivity contribution is 6.00. The van der Waals surface area contributed by atoms with Crippen molar-refractivity contribution < 1.29 is 18.0 Å². The maximum Gasteiger partial charge on any atom is 0.421 e. The second kappa shape index (κ2) is 2.00. The highest BCUT2D eigenvalue weighted by Crippen LogP contribution is 2.26. The molecule has 1 heterocycles. The van der Waals surface area contributed by atoms with Gasteiger partial charge in [-0.25, -0.2) is 0 Å². The van der Waals surface area contributed by atoms with Crippen LogP contribution in [0, 0.1) is 0 Å². The van der Waals surface area contributed by atoms with Crippen molar-refractivity contribution in [2.75, 3.05) is 6.54 Å². The van der Waals surface area contributed by atoms with Crippen LogP contribution in [0.5, 0.6) is 0 Å². The lowest BCUT2D eigenvalue weighted by Crippen LogP contribution is -2.18. The van der Waals surface area contributed by atoms with Gasteiger partial charge in [-0.3, -0.25) is 4.79 Å². The van der Waals surface area contributed by atoms with Crippen molar-refractivity contribution in [3.05, 3.63) is 11.8 Å². The first kappa shape index (κ1) is 7.11. The lowest BCUT2D eigenvalue weighted by atomic mass is 10.2. The van der Waals surface area contributed by atoms with Crippen molar-refractivity contribution in [2.24, 2.45) is 0 Å². The summed E-state index contributed by atoms with van der Waals surface area (Å²) in [7, 11) is 0. The average Bonchev–Trinajstić information content (AvgIpc) is 2.11. The quantitative estimate of drug-likeness (QED) is 0.549. The third-order valence-corrected chi connectivity index (χ3v) is 1.11. The summed E-state index contributed by atoms with van der Waals surface area (Å²) in [6.45, 7) is -0.241. The first-order chi connectivity index (χ1) is 4.52. The summed E-state index contributed by atoms with van der Waals surface area (Å²) >= 11 is 0. The van der Waals surface area contributed by atoms with E-state index in [0.29, 0.717) is 6.20 Å². The van der Waals surface area contributed by atoms with Gasteiger partial charge < -0.3 is 5.32 Å². The molecule has 0 fully saturated rings. The Morgan fingerprint density at radius 3 is 2.30 bits per heavy atom. The standard InChI is InChI=1S/C5H4F3NO/c6-5(7,8)3-1-9-2-4(3)10/h1,9H,2H2. The summed E-state index contributed by atoms with van der Waals surface area (Å²) in [5, 5.41) is 2.20. The van der Waals surface area contributed by atoms with Crippen molar-refractivity contribution in [3.63, 3.8) is 0 Å². The zero-order valence-corrected chi connectivity index (χ0v) is 4.83. The van der Waals surface area contributed by atoms with Crippen molar-refractivity contribution in [3.8, 4) is 0 Å². The van der Waals surface area contributed by atoms with E-state index in [-0.39, 0.29) is 6.54 Å². The Morgan fingerprint density at radius 2 is 2.10 bits per heavy atom. The number of Topliss-reactive ketones (excluding diaryl/α,β-unsaturated/α-hetero) is 1. The van der Waals surface area contributed by atoms with Gasteiger partial charge in [0.25, 0.3) is 0 Å². The van der Waals surface area contributed by atoms with E-state index in [1.165, 1.54) is 0 Å². The minimum Gasteiger partial charge on any atom is -0.383 e. The highest BCUT2D eigenvalue weighted by Gasteiger charge is 2.40. The van der Waals surface area contributed by atoms with Crippen molar-refractivity contribution in [2.45, 2.75) is 6.18 Å². The Labute approximate surface area is 54.7 Å². The molecule has 0 atom stereocenters. The molecule has 5 heteroatoms. The molecule has 0 aliphatic carbocycles. The molecule has 10 heavy (non-hydrogen) atoms. The molecule has 0 aromatic heterocycles. The molecule has 56 valence electrons. The van der Waals surface area contributed by atoms with Crippen LogP contribution >= 0.6 is 0 Å². The van der Waals surface area contributed by atoms with Crippen LogP contribution in [0.3, 0.4) is 0 Å². The van der Waals surface area contributed by atoms with Crippen molar-refractivity contribution >= 4 is 5.78 Å². The Hall–Kier alpha value is -1.00.